The monoisotopic (exact) mass is 393 g/mol. The number of anilines is 1. The Morgan fingerprint density at radius 1 is 1.15 bits per heavy atom. The maximum absolute atomic E-state index is 12.0. The number of nitrogens with zero attached hydrogens (tertiary/aromatic N) is 2. The highest BCUT2D eigenvalue weighted by atomic mass is 32.1. The Labute approximate surface area is 164 Å². The summed E-state index contributed by atoms with van der Waals surface area (Å²) in [7, 11) is 2.94. The van der Waals surface area contributed by atoms with Gasteiger partial charge in [-0.25, -0.2) is 14.8 Å². The van der Waals surface area contributed by atoms with Gasteiger partial charge in [-0.15, -0.1) is 11.3 Å². The fourth-order valence-corrected chi connectivity index (χ4v) is 2.67. The zero-order chi connectivity index (χ0) is 20.6. The molecule has 8 heteroatoms. The van der Waals surface area contributed by atoms with Gasteiger partial charge in [-0.2, -0.15) is 0 Å². The molecular weight excluding hydrogens is 366 g/mol. The van der Waals surface area contributed by atoms with Crippen LogP contribution < -0.4 is 5.32 Å². The summed E-state index contributed by atoms with van der Waals surface area (Å²) in [4.78, 5) is 32.9. The quantitative estimate of drug-likeness (QED) is 0.754. The third-order valence-corrected chi connectivity index (χ3v) is 3.95. The maximum atomic E-state index is 12.0. The fourth-order valence-electron chi connectivity index (χ4n) is 1.87. The van der Waals surface area contributed by atoms with E-state index in [1.54, 1.807) is 38.3 Å². The number of aromatic nitrogens is 1. The molecule has 0 spiro atoms. The van der Waals surface area contributed by atoms with Gasteiger partial charge in [-0.3, -0.25) is 14.9 Å². The minimum Gasteiger partial charge on any atom is -0.444 e. The molecule has 2 rings (SSSR count). The molecule has 1 aromatic heterocycles. The topological polar surface area (TPSA) is 80.8 Å². The van der Waals surface area contributed by atoms with Gasteiger partial charge in [0.25, 0.3) is 5.91 Å². The Hall–Kier alpha value is -2.45. The number of amides is 2. The van der Waals surface area contributed by atoms with E-state index in [0.717, 1.165) is 10.6 Å². The third-order valence-electron chi connectivity index (χ3n) is 3.06. The van der Waals surface area contributed by atoms with Crippen LogP contribution in [-0.4, -0.2) is 41.8 Å². The number of benzene rings is 1. The van der Waals surface area contributed by atoms with E-state index in [0.29, 0.717) is 16.4 Å². The van der Waals surface area contributed by atoms with E-state index in [1.807, 2.05) is 26.0 Å². The van der Waals surface area contributed by atoms with Crippen molar-refractivity contribution in [2.24, 2.45) is 0 Å². The molecule has 2 aromatic rings. The molecule has 0 atom stereocenters. The second-order valence-corrected chi connectivity index (χ2v) is 7.09. The Morgan fingerprint density at radius 3 is 2.26 bits per heavy atom. The van der Waals surface area contributed by atoms with Crippen LogP contribution in [-0.2, 0) is 9.57 Å². The Bertz CT molecular complexity index is 751. The summed E-state index contributed by atoms with van der Waals surface area (Å²) in [6.07, 6.45) is -0.509. The molecule has 1 heterocycles. The summed E-state index contributed by atoms with van der Waals surface area (Å²) < 4.78 is 5.20. The number of carbonyl (C=O) groups excluding carboxylic acids is 2. The average Bonchev–Trinajstić information content (AvgIpc) is 3.11. The molecule has 1 N–H and O–H groups in total. The van der Waals surface area contributed by atoms with Gasteiger partial charge < -0.3 is 4.74 Å². The highest BCUT2D eigenvalue weighted by Gasteiger charge is 2.17. The molecule has 2 amide bonds. The molecular formula is C19H27N3O4S. The lowest BCUT2D eigenvalue weighted by Gasteiger charge is -2.19. The summed E-state index contributed by atoms with van der Waals surface area (Å²) in [5.74, 6) is -0.312. The average molecular weight is 394 g/mol. The number of ether oxygens (including phenoxy) is 1. The minimum absolute atomic E-state index is 0.312. The zero-order valence-corrected chi connectivity index (χ0v) is 17.6. The van der Waals surface area contributed by atoms with Crippen LogP contribution in [0.2, 0.25) is 0 Å². The fraction of sp³-hybridized carbons (Fsp3) is 0.421. The van der Waals surface area contributed by atoms with Crippen LogP contribution in [0.4, 0.5) is 10.5 Å². The number of hydroxylamine groups is 2. The van der Waals surface area contributed by atoms with Gasteiger partial charge in [0.15, 0.2) is 0 Å². The van der Waals surface area contributed by atoms with Crippen molar-refractivity contribution in [3.63, 3.8) is 0 Å². The lowest BCUT2D eigenvalue weighted by molar-refractivity contribution is -0.0760. The largest absolute Gasteiger partial charge is 0.444 e. The highest BCUT2D eigenvalue weighted by molar-refractivity contribution is 7.13. The van der Waals surface area contributed by atoms with E-state index >= 15 is 0 Å². The van der Waals surface area contributed by atoms with E-state index in [2.05, 4.69) is 10.3 Å². The van der Waals surface area contributed by atoms with E-state index < -0.39 is 11.7 Å². The number of hydrogen-bond acceptors (Lipinski definition) is 6. The van der Waals surface area contributed by atoms with Crippen molar-refractivity contribution in [2.75, 3.05) is 19.5 Å². The van der Waals surface area contributed by atoms with Gasteiger partial charge in [0.05, 0.1) is 7.11 Å². The molecule has 0 fully saturated rings. The summed E-state index contributed by atoms with van der Waals surface area (Å²) in [5, 5.41) is 6.17. The predicted octanol–water partition coefficient (Wildman–Crippen LogP) is 4.82. The number of rotatable bonds is 4. The number of hydrogen-bond donors (Lipinski definition) is 1. The summed E-state index contributed by atoms with van der Waals surface area (Å²) in [6, 6.07) is 7.15. The Morgan fingerprint density at radius 2 is 1.74 bits per heavy atom. The normalized spacial score (nSPS) is 10.5. The standard InChI is InChI=1S/C17H21N3O4S.C2H6/c1-17(2,3)24-16(22)18-12-8-6-11(7-9-12)14-19-13(10-25-14)15(21)20(4)23-5;1-2/h6-10H,1-5H3,(H,18,22);1-2H3. The first-order chi connectivity index (χ1) is 12.7. The molecule has 0 bridgehead atoms. The van der Waals surface area contributed by atoms with Crippen molar-refractivity contribution >= 4 is 29.0 Å². The number of carbonyl (C=O) groups is 2. The SMILES string of the molecule is CC.CON(C)C(=O)c1csc(-c2ccc(NC(=O)OC(C)(C)C)cc2)n1. The number of thiazole rings is 1. The van der Waals surface area contributed by atoms with Crippen molar-refractivity contribution < 1.29 is 19.2 Å². The molecule has 0 aliphatic rings. The van der Waals surface area contributed by atoms with Gasteiger partial charge in [-0.1, -0.05) is 13.8 Å². The molecule has 148 valence electrons. The van der Waals surface area contributed by atoms with Gasteiger partial charge in [0.1, 0.15) is 16.3 Å². The highest BCUT2D eigenvalue weighted by Crippen LogP contribution is 2.25. The first kappa shape index (κ1) is 22.6. The van der Waals surface area contributed by atoms with Crippen molar-refractivity contribution in [3.05, 3.63) is 35.3 Å². The summed E-state index contributed by atoms with van der Waals surface area (Å²) in [5.41, 5.74) is 1.23. The molecule has 0 radical (unpaired) electrons. The lowest BCUT2D eigenvalue weighted by atomic mass is 10.2. The Balaban J connectivity index is 0.00000176. The molecule has 0 saturated heterocycles. The second kappa shape index (κ2) is 10.0. The molecule has 7 nitrogen and oxygen atoms in total. The number of nitrogens with one attached hydrogen (secondary N) is 1. The van der Waals surface area contributed by atoms with Gasteiger partial charge in [0, 0.05) is 23.7 Å². The van der Waals surface area contributed by atoms with Crippen molar-refractivity contribution in [1.82, 2.24) is 10.0 Å². The van der Waals surface area contributed by atoms with Crippen molar-refractivity contribution in [3.8, 4) is 10.6 Å². The van der Waals surface area contributed by atoms with Crippen LogP contribution in [0.5, 0.6) is 0 Å². The molecule has 0 unspecified atom stereocenters. The maximum Gasteiger partial charge on any atom is 0.412 e. The molecule has 0 aliphatic heterocycles. The Kier molecular flexibility index (Phi) is 8.39. The van der Waals surface area contributed by atoms with E-state index in [1.165, 1.54) is 25.5 Å². The van der Waals surface area contributed by atoms with Gasteiger partial charge in [0.2, 0.25) is 0 Å². The minimum atomic E-state index is -0.552. The summed E-state index contributed by atoms with van der Waals surface area (Å²) in [6.45, 7) is 9.41. The van der Waals surface area contributed by atoms with Crippen LogP contribution in [0.25, 0.3) is 10.6 Å². The first-order valence-electron chi connectivity index (χ1n) is 8.58. The van der Waals surface area contributed by atoms with Crippen LogP contribution >= 0.6 is 11.3 Å². The molecule has 27 heavy (non-hydrogen) atoms. The molecule has 0 saturated carbocycles. The van der Waals surface area contributed by atoms with Crippen LogP contribution in [0.3, 0.4) is 0 Å². The lowest BCUT2D eigenvalue weighted by Crippen LogP contribution is -2.27. The van der Waals surface area contributed by atoms with E-state index in [-0.39, 0.29) is 5.91 Å². The third kappa shape index (κ3) is 6.99. The van der Waals surface area contributed by atoms with E-state index in [4.69, 9.17) is 9.57 Å². The van der Waals surface area contributed by atoms with Crippen LogP contribution in [0.15, 0.2) is 29.6 Å². The zero-order valence-electron chi connectivity index (χ0n) is 16.8. The van der Waals surface area contributed by atoms with Crippen LogP contribution in [0, 0.1) is 0 Å². The van der Waals surface area contributed by atoms with Gasteiger partial charge >= 0.3 is 6.09 Å². The van der Waals surface area contributed by atoms with Gasteiger partial charge in [-0.05, 0) is 45.0 Å². The van der Waals surface area contributed by atoms with E-state index in [9.17, 15) is 9.59 Å². The molecule has 1 aromatic carbocycles. The van der Waals surface area contributed by atoms with Crippen LogP contribution in [0.1, 0.15) is 45.1 Å². The van der Waals surface area contributed by atoms with Crippen molar-refractivity contribution in [2.45, 2.75) is 40.2 Å². The second-order valence-electron chi connectivity index (χ2n) is 6.23. The summed E-state index contributed by atoms with van der Waals surface area (Å²) >= 11 is 1.36. The van der Waals surface area contributed by atoms with Crippen molar-refractivity contribution in [1.29, 1.82) is 0 Å². The smallest absolute Gasteiger partial charge is 0.412 e. The molecule has 0 aliphatic carbocycles. The predicted molar refractivity (Wildman–Crippen MR) is 108 cm³/mol. The first-order valence-corrected chi connectivity index (χ1v) is 9.45.